The summed E-state index contributed by atoms with van der Waals surface area (Å²) in [4.78, 5) is 24.9. The summed E-state index contributed by atoms with van der Waals surface area (Å²) in [5, 5.41) is 0. The second-order valence-corrected chi connectivity index (χ2v) is 4.84. The molecule has 0 atom stereocenters. The molecular formula is C14H14N6O. The van der Waals surface area contributed by atoms with Crippen molar-refractivity contribution < 1.29 is 0 Å². The average molecular weight is 282 g/mol. The molecule has 3 aromatic rings. The number of benzene rings is 1. The normalized spacial score (nSPS) is 11.0. The van der Waals surface area contributed by atoms with Gasteiger partial charge < -0.3 is 11.5 Å². The van der Waals surface area contributed by atoms with Crippen LogP contribution in [0.15, 0.2) is 29.2 Å². The zero-order chi connectivity index (χ0) is 15.1. The predicted molar refractivity (Wildman–Crippen MR) is 81.6 cm³/mol. The van der Waals surface area contributed by atoms with Crippen LogP contribution in [-0.2, 0) is 7.05 Å². The van der Waals surface area contributed by atoms with E-state index in [0.717, 1.165) is 5.56 Å². The third-order valence-electron chi connectivity index (χ3n) is 3.34. The first kappa shape index (κ1) is 13.0. The van der Waals surface area contributed by atoms with Gasteiger partial charge in [-0.2, -0.15) is 4.98 Å². The van der Waals surface area contributed by atoms with Crippen molar-refractivity contribution in [1.82, 2.24) is 19.5 Å². The molecule has 1 aromatic carbocycles. The highest BCUT2D eigenvalue weighted by Crippen LogP contribution is 2.22. The second kappa shape index (κ2) is 4.55. The summed E-state index contributed by atoms with van der Waals surface area (Å²) >= 11 is 0. The number of hydrogen-bond acceptors (Lipinski definition) is 6. The summed E-state index contributed by atoms with van der Waals surface area (Å²) in [7, 11) is 1.63. The van der Waals surface area contributed by atoms with Crippen molar-refractivity contribution in [1.29, 1.82) is 0 Å². The van der Waals surface area contributed by atoms with Gasteiger partial charge in [-0.25, -0.2) is 9.97 Å². The fourth-order valence-corrected chi connectivity index (χ4v) is 2.20. The molecule has 0 spiro atoms. The molecule has 3 rings (SSSR count). The molecule has 0 saturated heterocycles. The fourth-order valence-electron chi connectivity index (χ4n) is 2.20. The number of hydrogen-bond donors (Lipinski definition) is 2. The Morgan fingerprint density at radius 3 is 2.71 bits per heavy atom. The molecule has 7 heteroatoms. The minimum atomic E-state index is -0.255. The van der Waals surface area contributed by atoms with E-state index < -0.39 is 0 Å². The van der Waals surface area contributed by atoms with E-state index in [0.29, 0.717) is 28.1 Å². The van der Waals surface area contributed by atoms with E-state index in [1.54, 1.807) is 19.2 Å². The molecule has 0 amide bonds. The van der Waals surface area contributed by atoms with Crippen molar-refractivity contribution >= 4 is 22.8 Å². The Hall–Kier alpha value is -2.96. The van der Waals surface area contributed by atoms with Gasteiger partial charge in [0.05, 0.1) is 6.20 Å². The summed E-state index contributed by atoms with van der Waals surface area (Å²) in [6.07, 6.45) is 1.50. The zero-order valence-corrected chi connectivity index (χ0v) is 11.7. The van der Waals surface area contributed by atoms with Crippen molar-refractivity contribution in [3.05, 3.63) is 40.3 Å². The number of nitrogens with zero attached hydrogens (tertiary/aromatic N) is 4. The van der Waals surface area contributed by atoms with Crippen molar-refractivity contribution in [3.63, 3.8) is 0 Å². The third kappa shape index (κ3) is 2.08. The molecular weight excluding hydrogens is 268 g/mol. The van der Waals surface area contributed by atoms with Gasteiger partial charge in [-0.05, 0) is 24.6 Å². The molecule has 21 heavy (non-hydrogen) atoms. The van der Waals surface area contributed by atoms with Crippen LogP contribution in [0.25, 0.3) is 22.4 Å². The Bertz CT molecular complexity index is 915. The van der Waals surface area contributed by atoms with Crippen LogP contribution < -0.4 is 17.0 Å². The molecule has 2 aromatic heterocycles. The van der Waals surface area contributed by atoms with Gasteiger partial charge in [0.2, 0.25) is 5.95 Å². The van der Waals surface area contributed by atoms with E-state index >= 15 is 0 Å². The molecule has 0 saturated carbocycles. The minimum Gasteiger partial charge on any atom is -0.399 e. The number of aromatic nitrogens is 4. The second-order valence-electron chi connectivity index (χ2n) is 4.84. The van der Waals surface area contributed by atoms with Crippen LogP contribution in [0.5, 0.6) is 0 Å². The number of fused-ring (bicyclic) bond motifs is 1. The lowest BCUT2D eigenvalue weighted by molar-refractivity contribution is 0.874. The highest BCUT2D eigenvalue weighted by Gasteiger charge is 2.14. The van der Waals surface area contributed by atoms with Crippen molar-refractivity contribution in [2.45, 2.75) is 6.92 Å². The lowest BCUT2D eigenvalue weighted by Crippen LogP contribution is -2.22. The van der Waals surface area contributed by atoms with Crippen LogP contribution in [0.3, 0.4) is 0 Å². The summed E-state index contributed by atoms with van der Waals surface area (Å²) in [6, 6.07) is 5.38. The predicted octanol–water partition coefficient (Wildman–Crippen LogP) is 0.863. The number of aryl methyl sites for hydroxylation is 2. The van der Waals surface area contributed by atoms with Crippen molar-refractivity contribution in [3.8, 4) is 11.3 Å². The summed E-state index contributed by atoms with van der Waals surface area (Å²) in [5.74, 6) is 0.104. The molecule has 0 radical (unpaired) electrons. The van der Waals surface area contributed by atoms with Gasteiger partial charge in [0.1, 0.15) is 11.2 Å². The summed E-state index contributed by atoms with van der Waals surface area (Å²) in [5.41, 5.74) is 14.5. The molecule has 0 aliphatic carbocycles. The summed E-state index contributed by atoms with van der Waals surface area (Å²) in [6.45, 7) is 1.90. The van der Waals surface area contributed by atoms with E-state index in [-0.39, 0.29) is 11.5 Å². The van der Waals surface area contributed by atoms with Gasteiger partial charge in [0, 0.05) is 18.3 Å². The van der Waals surface area contributed by atoms with Gasteiger partial charge in [-0.3, -0.25) is 9.36 Å². The SMILES string of the molecule is Cc1ccc(N)cc1-c1nc2cnc(N)nc2n(C)c1=O. The average Bonchev–Trinajstić information content (AvgIpc) is 2.46. The van der Waals surface area contributed by atoms with Crippen molar-refractivity contribution in [2.75, 3.05) is 11.5 Å². The Morgan fingerprint density at radius 2 is 1.95 bits per heavy atom. The topological polar surface area (TPSA) is 113 Å². The van der Waals surface area contributed by atoms with Crippen molar-refractivity contribution in [2.24, 2.45) is 7.05 Å². The maximum Gasteiger partial charge on any atom is 0.278 e. The lowest BCUT2D eigenvalue weighted by atomic mass is 10.0. The molecule has 0 unspecified atom stereocenters. The van der Waals surface area contributed by atoms with Crippen LogP contribution in [0.4, 0.5) is 11.6 Å². The quantitative estimate of drug-likeness (QED) is 0.640. The maximum absolute atomic E-state index is 12.5. The minimum absolute atomic E-state index is 0.104. The lowest BCUT2D eigenvalue weighted by Gasteiger charge is -2.10. The van der Waals surface area contributed by atoms with Crippen LogP contribution in [0, 0.1) is 6.92 Å². The van der Waals surface area contributed by atoms with E-state index in [1.165, 1.54) is 10.8 Å². The van der Waals surface area contributed by atoms with E-state index in [1.807, 2.05) is 13.0 Å². The molecule has 106 valence electrons. The molecule has 4 N–H and O–H groups in total. The Morgan fingerprint density at radius 1 is 1.19 bits per heavy atom. The highest BCUT2D eigenvalue weighted by atomic mass is 16.1. The molecule has 0 bridgehead atoms. The van der Waals surface area contributed by atoms with Crippen LogP contribution in [-0.4, -0.2) is 19.5 Å². The third-order valence-corrected chi connectivity index (χ3v) is 3.34. The van der Waals surface area contributed by atoms with Gasteiger partial charge >= 0.3 is 0 Å². The van der Waals surface area contributed by atoms with Gasteiger partial charge in [-0.1, -0.05) is 6.07 Å². The van der Waals surface area contributed by atoms with Gasteiger partial charge in [0.25, 0.3) is 5.56 Å². The first-order valence-corrected chi connectivity index (χ1v) is 6.33. The largest absolute Gasteiger partial charge is 0.399 e. The fraction of sp³-hybridized carbons (Fsp3) is 0.143. The zero-order valence-electron chi connectivity index (χ0n) is 11.7. The first-order valence-electron chi connectivity index (χ1n) is 6.33. The van der Waals surface area contributed by atoms with Crippen LogP contribution in [0.2, 0.25) is 0 Å². The molecule has 2 heterocycles. The number of nitrogens with two attached hydrogens (primary N) is 2. The van der Waals surface area contributed by atoms with E-state index in [2.05, 4.69) is 15.0 Å². The Balaban J connectivity index is 2.39. The number of rotatable bonds is 1. The molecule has 7 nitrogen and oxygen atoms in total. The standard InChI is InChI=1S/C14H14N6O/c1-7-3-4-8(15)5-9(7)11-13(21)20(2)12-10(18-11)6-17-14(16)19-12/h3-6H,15H2,1-2H3,(H2,16,17,19). The van der Waals surface area contributed by atoms with Gasteiger partial charge in [0.15, 0.2) is 5.65 Å². The maximum atomic E-state index is 12.5. The smallest absolute Gasteiger partial charge is 0.278 e. The highest BCUT2D eigenvalue weighted by molar-refractivity contribution is 5.76. The molecule has 0 aliphatic heterocycles. The van der Waals surface area contributed by atoms with Crippen LogP contribution in [0.1, 0.15) is 5.56 Å². The molecule has 0 aliphatic rings. The van der Waals surface area contributed by atoms with E-state index in [4.69, 9.17) is 11.5 Å². The number of nitrogen functional groups attached to an aromatic ring is 2. The monoisotopic (exact) mass is 282 g/mol. The summed E-state index contributed by atoms with van der Waals surface area (Å²) < 4.78 is 1.42. The Labute approximate surface area is 120 Å². The number of anilines is 2. The Kier molecular flexibility index (Phi) is 2.83. The van der Waals surface area contributed by atoms with Gasteiger partial charge in [-0.15, -0.1) is 0 Å². The molecule has 0 fully saturated rings. The van der Waals surface area contributed by atoms with Crippen LogP contribution >= 0.6 is 0 Å². The van der Waals surface area contributed by atoms with E-state index in [9.17, 15) is 4.79 Å². The first-order chi connectivity index (χ1) is 9.97.